The summed E-state index contributed by atoms with van der Waals surface area (Å²) in [7, 11) is 0. The predicted molar refractivity (Wildman–Crippen MR) is 80.2 cm³/mol. The van der Waals surface area contributed by atoms with E-state index in [0.717, 1.165) is 24.6 Å². The maximum Gasteiger partial charge on any atom is 0.265 e. The van der Waals surface area contributed by atoms with Gasteiger partial charge < -0.3 is 9.64 Å². The van der Waals surface area contributed by atoms with E-state index >= 15 is 0 Å². The molecule has 0 radical (unpaired) electrons. The van der Waals surface area contributed by atoms with Crippen LogP contribution in [0.4, 0.5) is 5.69 Å². The van der Waals surface area contributed by atoms with Crippen LogP contribution < -0.4 is 9.64 Å². The quantitative estimate of drug-likeness (QED) is 0.856. The lowest BCUT2D eigenvalue weighted by Crippen LogP contribution is -2.40. The molecule has 0 N–H and O–H groups in total. The van der Waals surface area contributed by atoms with E-state index in [9.17, 15) is 4.79 Å². The molecule has 4 nitrogen and oxygen atoms in total. The standard InChI is InChI=1S/C17H20N2O2/c18-11-14-6-7-16-15(10-14)19(17(20)12-21-16)9-8-13-4-2-1-3-5-13/h6-7,10,13H,1-5,8-9,12H2. The van der Waals surface area contributed by atoms with Gasteiger partial charge in [-0.15, -0.1) is 0 Å². The molecule has 4 heteroatoms. The molecule has 1 aliphatic carbocycles. The Morgan fingerprint density at radius 3 is 2.86 bits per heavy atom. The molecule has 2 aliphatic rings. The summed E-state index contributed by atoms with van der Waals surface area (Å²) in [4.78, 5) is 13.9. The molecule has 1 aromatic rings. The summed E-state index contributed by atoms with van der Waals surface area (Å²) < 4.78 is 5.46. The summed E-state index contributed by atoms with van der Waals surface area (Å²) in [6.07, 6.45) is 7.59. The minimum Gasteiger partial charge on any atom is -0.482 e. The molecule has 0 atom stereocenters. The number of carbonyl (C=O) groups excluding carboxylic acids is 1. The van der Waals surface area contributed by atoms with Gasteiger partial charge in [0.1, 0.15) is 5.75 Å². The van der Waals surface area contributed by atoms with Gasteiger partial charge in [0.05, 0.1) is 17.3 Å². The van der Waals surface area contributed by atoms with Crippen LogP contribution in [0.25, 0.3) is 0 Å². The van der Waals surface area contributed by atoms with Crippen molar-refractivity contribution in [2.75, 3.05) is 18.1 Å². The number of anilines is 1. The van der Waals surface area contributed by atoms with Gasteiger partial charge in [-0.3, -0.25) is 4.79 Å². The van der Waals surface area contributed by atoms with Gasteiger partial charge in [0.25, 0.3) is 5.91 Å². The number of benzene rings is 1. The molecule has 3 rings (SSSR count). The molecule has 1 saturated carbocycles. The van der Waals surface area contributed by atoms with Gasteiger partial charge in [-0.1, -0.05) is 32.1 Å². The van der Waals surface area contributed by atoms with E-state index < -0.39 is 0 Å². The number of carbonyl (C=O) groups is 1. The summed E-state index contributed by atoms with van der Waals surface area (Å²) in [6.45, 7) is 0.832. The van der Waals surface area contributed by atoms with E-state index in [1.54, 1.807) is 23.1 Å². The first-order valence-corrected chi connectivity index (χ1v) is 7.75. The molecule has 0 bridgehead atoms. The summed E-state index contributed by atoms with van der Waals surface area (Å²) in [5, 5.41) is 9.03. The molecule has 1 heterocycles. The molecule has 1 amide bonds. The second-order valence-electron chi connectivity index (χ2n) is 5.92. The highest BCUT2D eigenvalue weighted by Gasteiger charge is 2.26. The number of ether oxygens (including phenoxy) is 1. The number of rotatable bonds is 3. The van der Waals surface area contributed by atoms with Crippen LogP contribution in [0, 0.1) is 17.2 Å². The van der Waals surface area contributed by atoms with E-state index in [2.05, 4.69) is 6.07 Å². The van der Waals surface area contributed by atoms with Crippen LogP contribution in [0.1, 0.15) is 44.1 Å². The van der Waals surface area contributed by atoms with E-state index in [-0.39, 0.29) is 12.5 Å². The Bertz CT molecular complexity index is 571. The maximum atomic E-state index is 12.1. The number of fused-ring (bicyclic) bond motifs is 1. The molecule has 0 saturated heterocycles. The molecule has 0 spiro atoms. The third kappa shape index (κ3) is 3.02. The van der Waals surface area contributed by atoms with Gasteiger partial charge >= 0.3 is 0 Å². The lowest BCUT2D eigenvalue weighted by Gasteiger charge is -2.31. The predicted octanol–water partition coefficient (Wildman–Crippen LogP) is 3.25. The van der Waals surface area contributed by atoms with E-state index in [1.165, 1.54) is 32.1 Å². The molecular weight excluding hydrogens is 264 g/mol. The molecule has 1 aliphatic heterocycles. The van der Waals surface area contributed by atoms with Crippen molar-refractivity contribution < 1.29 is 9.53 Å². The van der Waals surface area contributed by atoms with E-state index in [4.69, 9.17) is 10.00 Å². The fourth-order valence-corrected chi connectivity index (χ4v) is 3.30. The van der Waals surface area contributed by atoms with Crippen molar-refractivity contribution in [2.45, 2.75) is 38.5 Å². The van der Waals surface area contributed by atoms with E-state index in [1.807, 2.05) is 0 Å². The highest BCUT2D eigenvalue weighted by molar-refractivity contribution is 5.98. The highest BCUT2D eigenvalue weighted by Crippen LogP contribution is 2.34. The minimum absolute atomic E-state index is 0.00611. The fourth-order valence-electron chi connectivity index (χ4n) is 3.30. The maximum absolute atomic E-state index is 12.1. The normalized spacial score (nSPS) is 18.8. The third-order valence-electron chi connectivity index (χ3n) is 4.52. The zero-order valence-corrected chi connectivity index (χ0v) is 12.2. The largest absolute Gasteiger partial charge is 0.482 e. The number of hydrogen-bond acceptors (Lipinski definition) is 3. The Morgan fingerprint density at radius 1 is 1.29 bits per heavy atom. The number of nitriles is 1. The zero-order chi connectivity index (χ0) is 14.7. The molecular formula is C17H20N2O2. The Balaban J connectivity index is 1.75. The number of amides is 1. The van der Waals surface area contributed by atoms with Crippen LogP contribution in [-0.2, 0) is 4.79 Å². The van der Waals surface area contributed by atoms with Crippen molar-refractivity contribution >= 4 is 11.6 Å². The van der Waals surface area contributed by atoms with Crippen LogP contribution in [0.5, 0.6) is 5.75 Å². The van der Waals surface area contributed by atoms with Crippen LogP contribution in [0.3, 0.4) is 0 Å². The summed E-state index contributed by atoms with van der Waals surface area (Å²) in [6, 6.07) is 7.40. The van der Waals surface area contributed by atoms with Crippen LogP contribution >= 0.6 is 0 Å². The first-order chi connectivity index (χ1) is 10.3. The Labute approximate surface area is 125 Å². The Morgan fingerprint density at radius 2 is 2.10 bits per heavy atom. The molecule has 110 valence electrons. The lowest BCUT2D eigenvalue weighted by atomic mass is 9.87. The van der Waals surface area contributed by atoms with Crippen molar-refractivity contribution in [1.82, 2.24) is 0 Å². The second kappa shape index (κ2) is 6.17. The smallest absolute Gasteiger partial charge is 0.265 e. The third-order valence-corrected chi connectivity index (χ3v) is 4.52. The van der Waals surface area contributed by atoms with Crippen molar-refractivity contribution in [3.8, 4) is 11.8 Å². The zero-order valence-electron chi connectivity index (χ0n) is 12.2. The summed E-state index contributed by atoms with van der Waals surface area (Å²) in [5.41, 5.74) is 1.32. The first-order valence-electron chi connectivity index (χ1n) is 7.75. The van der Waals surface area contributed by atoms with Crippen molar-refractivity contribution in [2.24, 2.45) is 5.92 Å². The lowest BCUT2D eigenvalue weighted by molar-refractivity contribution is -0.121. The highest BCUT2D eigenvalue weighted by atomic mass is 16.5. The van der Waals surface area contributed by atoms with Gasteiger partial charge in [-0.05, 0) is 30.5 Å². The van der Waals surface area contributed by atoms with E-state index in [0.29, 0.717) is 11.3 Å². The number of hydrogen-bond donors (Lipinski definition) is 0. The summed E-state index contributed by atoms with van der Waals surface area (Å²) in [5.74, 6) is 1.43. The van der Waals surface area contributed by atoms with Gasteiger partial charge in [-0.2, -0.15) is 5.26 Å². The van der Waals surface area contributed by atoms with Crippen molar-refractivity contribution in [1.29, 1.82) is 5.26 Å². The molecule has 1 aromatic carbocycles. The van der Waals surface area contributed by atoms with Gasteiger partial charge in [0.15, 0.2) is 6.61 Å². The first kappa shape index (κ1) is 13.9. The molecule has 0 unspecified atom stereocenters. The van der Waals surface area contributed by atoms with Crippen LogP contribution in [0.15, 0.2) is 18.2 Å². The molecule has 0 aromatic heterocycles. The number of nitrogens with zero attached hydrogens (tertiary/aromatic N) is 2. The van der Waals surface area contributed by atoms with Gasteiger partial charge in [0.2, 0.25) is 0 Å². The summed E-state index contributed by atoms with van der Waals surface area (Å²) >= 11 is 0. The fraction of sp³-hybridized carbons (Fsp3) is 0.529. The van der Waals surface area contributed by atoms with Crippen molar-refractivity contribution in [3.05, 3.63) is 23.8 Å². The monoisotopic (exact) mass is 284 g/mol. The Hall–Kier alpha value is -2.02. The average Bonchev–Trinajstić information content (AvgIpc) is 2.54. The SMILES string of the molecule is N#Cc1ccc2c(c1)N(CCC1CCCCC1)C(=O)CO2. The Kier molecular flexibility index (Phi) is 4.10. The van der Waals surface area contributed by atoms with Crippen LogP contribution in [0.2, 0.25) is 0 Å². The van der Waals surface area contributed by atoms with Crippen LogP contribution in [-0.4, -0.2) is 19.1 Å². The minimum atomic E-state index is -0.00611. The molecule has 1 fully saturated rings. The van der Waals surface area contributed by atoms with Crippen molar-refractivity contribution in [3.63, 3.8) is 0 Å². The van der Waals surface area contributed by atoms with Gasteiger partial charge in [-0.25, -0.2) is 0 Å². The average molecular weight is 284 g/mol. The second-order valence-corrected chi connectivity index (χ2v) is 5.92. The van der Waals surface area contributed by atoms with Gasteiger partial charge in [0, 0.05) is 6.54 Å². The molecule has 21 heavy (non-hydrogen) atoms. The topological polar surface area (TPSA) is 53.3 Å².